The topological polar surface area (TPSA) is 82.0 Å². The first-order valence-electron chi connectivity index (χ1n) is 5.65. The highest BCUT2D eigenvalue weighted by molar-refractivity contribution is 5.84. The third-order valence-corrected chi connectivity index (χ3v) is 3.21. The standard InChI is InChI=1S/C12H17N3O/c13-10-3-1-2-9(10)11(16)6-8-4-5-15-12(14)7-8/h4-5,7,9-10H,1-3,6,13H2,(H2,14,15). The van der Waals surface area contributed by atoms with Crippen molar-refractivity contribution in [3.8, 4) is 0 Å². The molecular weight excluding hydrogens is 202 g/mol. The minimum atomic E-state index is 0.0365. The van der Waals surface area contributed by atoms with Crippen LogP contribution < -0.4 is 11.5 Å². The summed E-state index contributed by atoms with van der Waals surface area (Å²) in [4.78, 5) is 15.9. The van der Waals surface area contributed by atoms with Crippen molar-refractivity contribution >= 4 is 11.6 Å². The van der Waals surface area contributed by atoms with E-state index >= 15 is 0 Å². The summed E-state index contributed by atoms with van der Waals surface area (Å²) in [6.45, 7) is 0. The highest BCUT2D eigenvalue weighted by Crippen LogP contribution is 2.25. The fraction of sp³-hybridized carbons (Fsp3) is 0.500. The third kappa shape index (κ3) is 2.39. The molecule has 1 heterocycles. The molecule has 1 aliphatic carbocycles. The number of pyridine rings is 1. The number of aromatic nitrogens is 1. The largest absolute Gasteiger partial charge is 0.384 e. The van der Waals surface area contributed by atoms with Gasteiger partial charge in [0, 0.05) is 24.6 Å². The first kappa shape index (κ1) is 11.1. The predicted octanol–water partition coefficient (Wildman–Crippen LogP) is 0.903. The number of nitrogen functional groups attached to an aromatic ring is 1. The first-order chi connectivity index (χ1) is 7.66. The molecule has 0 bridgehead atoms. The SMILES string of the molecule is Nc1cc(CC(=O)C2CCCC2N)ccn1. The second-order valence-electron chi connectivity index (χ2n) is 4.43. The monoisotopic (exact) mass is 219 g/mol. The lowest BCUT2D eigenvalue weighted by molar-refractivity contribution is -0.122. The van der Waals surface area contributed by atoms with Gasteiger partial charge in [0.15, 0.2) is 0 Å². The van der Waals surface area contributed by atoms with Crippen LogP contribution >= 0.6 is 0 Å². The fourth-order valence-electron chi connectivity index (χ4n) is 2.33. The highest BCUT2D eigenvalue weighted by Gasteiger charge is 2.29. The molecule has 4 nitrogen and oxygen atoms in total. The Hall–Kier alpha value is -1.42. The molecule has 0 radical (unpaired) electrons. The number of carbonyl (C=O) groups excluding carboxylic acids is 1. The van der Waals surface area contributed by atoms with Crippen LogP contribution in [0, 0.1) is 5.92 Å². The summed E-state index contributed by atoms with van der Waals surface area (Å²) in [5, 5.41) is 0. The summed E-state index contributed by atoms with van der Waals surface area (Å²) in [6, 6.07) is 3.62. The maximum absolute atomic E-state index is 12.0. The molecule has 0 saturated heterocycles. The number of nitrogens with two attached hydrogens (primary N) is 2. The van der Waals surface area contributed by atoms with Gasteiger partial charge in [-0.25, -0.2) is 4.98 Å². The molecule has 86 valence electrons. The van der Waals surface area contributed by atoms with Crippen LogP contribution in [0.2, 0.25) is 0 Å². The van der Waals surface area contributed by atoms with Crippen molar-refractivity contribution in [2.45, 2.75) is 31.7 Å². The van der Waals surface area contributed by atoms with Crippen molar-refractivity contribution in [1.29, 1.82) is 0 Å². The Bertz CT molecular complexity index is 392. The van der Waals surface area contributed by atoms with E-state index in [1.165, 1.54) is 0 Å². The predicted molar refractivity (Wildman–Crippen MR) is 62.7 cm³/mol. The van der Waals surface area contributed by atoms with Crippen molar-refractivity contribution < 1.29 is 4.79 Å². The van der Waals surface area contributed by atoms with Gasteiger partial charge in [-0.15, -0.1) is 0 Å². The third-order valence-electron chi connectivity index (χ3n) is 3.21. The maximum Gasteiger partial charge on any atom is 0.141 e. The number of nitrogens with zero attached hydrogens (tertiary/aromatic N) is 1. The zero-order chi connectivity index (χ0) is 11.5. The van der Waals surface area contributed by atoms with Gasteiger partial charge in [0.25, 0.3) is 0 Å². The van der Waals surface area contributed by atoms with Crippen molar-refractivity contribution in [2.75, 3.05) is 5.73 Å². The quantitative estimate of drug-likeness (QED) is 0.791. The second kappa shape index (κ2) is 4.61. The van der Waals surface area contributed by atoms with Gasteiger partial charge in [-0.2, -0.15) is 0 Å². The van der Waals surface area contributed by atoms with Gasteiger partial charge in [0.2, 0.25) is 0 Å². The number of Topliss-reactive ketones (excluding diaryl/α,β-unsaturated/α-hetero) is 1. The summed E-state index contributed by atoms with van der Waals surface area (Å²) in [5.41, 5.74) is 12.4. The zero-order valence-electron chi connectivity index (χ0n) is 9.23. The first-order valence-corrected chi connectivity index (χ1v) is 5.65. The number of carbonyl (C=O) groups is 1. The minimum absolute atomic E-state index is 0.0365. The van der Waals surface area contributed by atoms with Crippen molar-refractivity contribution in [2.24, 2.45) is 11.7 Å². The van der Waals surface area contributed by atoms with Crippen LogP contribution in [0.5, 0.6) is 0 Å². The van der Waals surface area contributed by atoms with Crippen LogP contribution in [0.3, 0.4) is 0 Å². The molecule has 4 N–H and O–H groups in total. The molecular formula is C12H17N3O. The van der Waals surface area contributed by atoms with Gasteiger partial charge >= 0.3 is 0 Å². The average molecular weight is 219 g/mol. The molecule has 2 atom stereocenters. The van der Waals surface area contributed by atoms with Gasteiger partial charge < -0.3 is 11.5 Å². The molecule has 0 amide bonds. The zero-order valence-corrected chi connectivity index (χ0v) is 9.23. The maximum atomic E-state index is 12.0. The Kier molecular flexibility index (Phi) is 3.19. The summed E-state index contributed by atoms with van der Waals surface area (Å²) >= 11 is 0. The molecule has 4 heteroatoms. The molecule has 1 aliphatic rings. The number of hydrogen-bond acceptors (Lipinski definition) is 4. The summed E-state index contributed by atoms with van der Waals surface area (Å²) in [5.74, 6) is 0.728. The van der Waals surface area contributed by atoms with E-state index in [-0.39, 0.29) is 17.7 Å². The van der Waals surface area contributed by atoms with E-state index in [1.807, 2.05) is 6.07 Å². The Morgan fingerprint density at radius 2 is 2.31 bits per heavy atom. The number of rotatable bonds is 3. The Balaban J connectivity index is 2.02. The van der Waals surface area contributed by atoms with E-state index in [0.717, 1.165) is 24.8 Å². The molecule has 1 aromatic heterocycles. The van der Waals surface area contributed by atoms with Gasteiger partial charge in [-0.05, 0) is 30.5 Å². The molecule has 1 aromatic rings. The summed E-state index contributed by atoms with van der Waals surface area (Å²) in [6.07, 6.45) is 5.02. The normalized spacial score (nSPS) is 24.6. The Labute approximate surface area is 95.0 Å². The smallest absolute Gasteiger partial charge is 0.141 e. The Morgan fingerprint density at radius 1 is 1.50 bits per heavy atom. The Morgan fingerprint density at radius 3 is 2.94 bits per heavy atom. The molecule has 0 aliphatic heterocycles. The van der Waals surface area contributed by atoms with E-state index < -0.39 is 0 Å². The van der Waals surface area contributed by atoms with E-state index in [2.05, 4.69) is 4.98 Å². The molecule has 1 saturated carbocycles. The molecule has 2 rings (SSSR count). The van der Waals surface area contributed by atoms with Crippen LogP contribution in [0.25, 0.3) is 0 Å². The summed E-state index contributed by atoms with van der Waals surface area (Å²) in [7, 11) is 0. The van der Waals surface area contributed by atoms with Gasteiger partial charge in [-0.3, -0.25) is 4.79 Å². The molecule has 2 unspecified atom stereocenters. The van der Waals surface area contributed by atoms with Crippen LogP contribution in [0.1, 0.15) is 24.8 Å². The molecule has 0 spiro atoms. The summed E-state index contributed by atoms with van der Waals surface area (Å²) < 4.78 is 0. The van der Waals surface area contributed by atoms with E-state index in [0.29, 0.717) is 12.2 Å². The number of hydrogen-bond donors (Lipinski definition) is 2. The van der Waals surface area contributed by atoms with Crippen LogP contribution in [-0.2, 0) is 11.2 Å². The number of anilines is 1. The van der Waals surface area contributed by atoms with Gasteiger partial charge in [-0.1, -0.05) is 6.42 Å². The highest BCUT2D eigenvalue weighted by atomic mass is 16.1. The van der Waals surface area contributed by atoms with E-state index in [1.54, 1.807) is 12.3 Å². The van der Waals surface area contributed by atoms with Crippen molar-refractivity contribution in [3.05, 3.63) is 23.9 Å². The van der Waals surface area contributed by atoms with Crippen molar-refractivity contribution in [1.82, 2.24) is 4.98 Å². The second-order valence-corrected chi connectivity index (χ2v) is 4.43. The van der Waals surface area contributed by atoms with Gasteiger partial charge in [0.1, 0.15) is 11.6 Å². The molecule has 1 fully saturated rings. The van der Waals surface area contributed by atoms with Crippen LogP contribution in [0.4, 0.5) is 5.82 Å². The number of ketones is 1. The lowest BCUT2D eigenvalue weighted by atomic mass is 9.94. The lowest BCUT2D eigenvalue weighted by Crippen LogP contribution is -2.31. The molecule has 16 heavy (non-hydrogen) atoms. The van der Waals surface area contributed by atoms with Crippen molar-refractivity contribution in [3.63, 3.8) is 0 Å². The van der Waals surface area contributed by atoms with Crippen LogP contribution in [-0.4, -0.2) is 16.8 Å². The van der Waals surface area contributed by atoms with Crippen LogP contribution in [0.15, 0.2) is 18.3 Å². The van der Waals surface area contributed by atoms with E-state index in [9.17, 15) is 4.79 Å². The lowest BCUT2D eigenvalue weighted by Gasteiger charge is -2.13. The average Bonchev–Trinajstić information content (AvgIpc) is 2.64. The minimum Gasteiger partial charge on any atom is -0.384 e. The van der Waals surface area contributed by atoms with E-state index in [4.69, 9.17) is 11.5 Å². The molecule has 0 aromatic carbocycles. The fourth-order valence-corrected chi connectivity index (χ4v) is 2.33. The van der Waals surface area contributed by atoms with Gasteiger partial charge in [0.05, 0.1) is 0 Å².